The summed E-state index contributed by atoms with van der Waals surface area (Å²) in [5, 5.41) is 15.8. The lowest BCUT2D eigenvalue weighted by Crippen LogP contribution is -2.40. The highest BCUT2D eigenvalue weighted by molar-refractivity contribution is 5.79. The number of hydrogen-bond acceptors (Lipinski definition) is 4. The molecule has 0 spiro atoms. The van der Waals surface area contributed by atoms with E-state index in [1.54, 1.807) is 14.2 Å². The number of guanidine groups is 1. The average Bonchev–Trinajstić information content (AvgIpc) is 2.63. The van der Waals surface area contributed by atoms with Gasteiger partial charge < -0.3 is 25.2 Å². The van der Waals surface area contributed by atoms with Crippen LogP contribution in [0, 0.1) is 5.92 Å². The molecule has 0 saturated heterocycles. The molecule has 25 heavy (non-hydrogen) atoms. The first-order valence-corrected chi connectivity index (χ1v) is 9.02. The highest BCUT2D eigenvalue weighted by Crippen LogP contribution is 2.27. The van der Waals surface area contributed by atoms with Crippen LogP contribution in [-0.4, -0.2) is 45.0 Å². The number of ether oxygens (including phenoxy) is 2. The summed E-state index contributed by atoms with van der Waals surface area (Å²) < 4.78 is 10.6. The maximum Gasteiger partial charge on any atom is 0.191 e. The Morgan fingerprint density at radius 1 is 1.12 bits per heavy atom. The number of aliphatic hydroxyl groups is 1. The predicted molar refractivity (Wildman–Crippen MR) is 102 cm³/mol. The van der Waals surface area contributed by atoms with E-state index in [1.807, 2.05) is 25.1 Å². The average molecular weight is 351 g/mol. The minimum atomic E-state index is 0.228. The summed E-state index contributed by atoms with van der Waals surface area (Å²) in [6, 6.07) is 5.82. The second-order valence-corrected chi connectivity index (χ2v) is 5.93. The van der Waals surface area contributed by atoms with Crippen LogP contribution >= 0.6 is 0 Å². The van der Waals surface area contributed by atoms with Crippen molar-refractivity contribution < 1.29 is 14.6 Å². The minimum absolute atomic E-state index is 0.228. The van der Waals surface area contributed by atoms with Crippen LogP contribution < -0.4 is 20.1 Å². The van der Waals surface area contributed by atoms with Crippen molar-refractivity contribution in [3.63, 3.8) is 0 Å². The molecule has 0 fully saturated rings. The van der Waals surface area contributed by atoms with E-state index in [4.69, 9.17) is 9.47 Å². The second kappa shape index (κ2) is 12.4. The molecular weight excluding hydrogens is 318 g/mol. The Hall–Kier alpha value is -1.95. The third-order valence-corrected chi connectivity index (χ3v) is 4.00. The molecule has 6 heteroatoms. The molecule has 1 aromatic carbocycles. The van der Waals surface area contributed by atoms with Gasteiger partial charge in [0.1, 0.15) is 0 Å². The molecule has 3 N–H and O–H groups in total. The number of rotatable bonds is 11. The number of benzene rings is 1. The topological polar surface area (TPSA) is 75.1 Å². The van der Waals surface area contributed by atoms with Crippen LogP contribution in [0.4, 0.5) is 0 Å². The number of hydrogen-bond donors (Lipinski definition) is 3. The molecular formula is C19H33N3O3. The Balaban J connectivity index is 2.71. The van der Waals surface area contributed by atoms with Crippen molar-refractivity contribution in [2.75, 3.05) is 33.9 Å². The van der Waals surface area contributed by atoms with Crippen LogP contribution in [0.1, 0.15) is 38.7 Å². The SMILES string of the molecule is CCCC(CCO)CNC(=NCc1ccc(OC)c(OC)c1)NCC. The van der Waals surface area contributed by atoms with Crippen LogP contribution in [0.25, 0.3) is 0 Å². The molecule has 0 aliphatic rings. The number of aliphatic hydroxyl groups excluding tert-OH is 1. The standard InChI is InChI=1S/C19H33N3O3/c1-5-7-15(10-11-23)13-21-19(20-6-2)22-14-16-8-9-17(24-3)18(12-16)25-4/h8-9,12,15,23H,5-7,10-11,13-14H2,1-4H3,(H2,20,21,22). The summed E-state index contributed by atoms with van der Waals surface area (Å²) in [7, 11) is 3.26. The van der Waals surface area contributed by atoms with Gasteiger partial charge in [0.05, 0.1) is 20.8 Å². The smallest absolute Gasteiger partial charge is 0.191 e. The summed E-state index contributed by atoms with van der Waals surface area (Å²) in [5.41, 5.74) is 1.05. The number of nitrogens with zero attached hydrogens (tertiary/aromatic N) is 1. The normalized spacial score (nSPS) is 12.6. The lowest BCUT2D eigenvalue weighted by Gasteiger charge is -2.18. The highest BCUT2D eigenvalue weighted by Gasteiger charge is 2.09. The van der Waals surface area contributed by atoms with E-state index >= 15 is 0 Å². The van der Waals surface area contributed by atoms with Gasteiger partial charge in [0.15, 0.2) is 17.5 Å². The quantitative estimate of drug-likeness (QED) is 0.422. The molecule has 0 aliphatic heterocycles. The maximum atomic E-state index is 9.18. The number of methoxy groups -OCH3 is 2. The molecule has 1 aromatic rings. The molecule has 0 radical (unpaired) electrons. The Labute approximate surface area is 151 Å². The van der Waals surface area contributed by atoms with E-state index in [1.165, 1.54) is 0 Å². The molecule has 0 aromatic heterocycles. The Kier molecular flexibility index (Phi) is 10.5. The van der Waals surface area contributed by atoms with Crippen molar-refractivity contribution in [2.45, 2.75) is 39.7 Å². The van der Waals surface area contributed by atoms with Gasteiger partial charge in [-0.1, -0.05) is 19.4 Å². The third-order valence-electron chi connectivity index (χ3n) is 4.00. The molecule has 0 heterocycles. The maximum absolute atomic E-state index is 9.18. The van der Waals surface area contributed by atoms with Gasteiger partial charge in [-0.05, 0) is 43.4 Å². The van der Waals surface area contributed by atoms with Crippen LogP contribution in [0.5, 0.6) is 11.5 Å². The van der Waals surface area contributed by atoms with Gasteiger partial charge in [-0.15, -0.1) is 0 Å². The van der Waals surface area contributed by atoms with Crippen molar-refractivity contribution in [2.24, 2.45) is 10.9 Å². The van der Waals surface area contributed by atoms with Crippen molar-refractivity contribution in [1.29, 1.82) is 0 Å². The van der Waals surface area contributed by atoms with Gasteiger partial charge in [0.2, 0.25) is 0 Å². The zero-order chi connectivity index (χ0) is 18.5. The summed E-state index contributed by atoms with van der Waals surface area (Å²) in [6.45, 7) is 6.60. The molecule has 0 amide bonds. The molecule has 1 unspecified atom stereocenters. The fraction of sp³-hybridized carbons (Fsp3) is 0.632. The monoisotopic (exact) mass is 351 g/mol. The first-order chi connectivity index (χ1) is 12.2. The van der Waals surface area contributed by atoms with E-state index in [9.17, 15) is 5.11 Å². The lowest BCUT2D eigenvalue weighted by atomic mass is 10.0. The van der Waals surface area contributed by atoms with Gasteiger partial charge in [0.25, 0.3) is 0 Å². The van der Waals surface area contributed by atoms with Crippen LogP contribution in [-0.2, 0) is 6.54 Å². The summed E-state index contributed by atoms with van der Waals surface area (Å²) in [6.07, 6.45) is 3.03. The lowest BCUT2D eigenvalue weighted by molar-refractivity contribution is 0.251. The highest BCUT2D eigenvalue weighted by atomic mass is 16.5. The third kappa shape index (κ3) is 7.65. The summed E-state index contributed by atoms with van der Waals surface area (Å²) >= 11 is 0. The zero-order valence-electron chi connectivity index (χ0n) is 16.0. The van der Waals surface area contributed by atoms with Gasteiger partial charge in [-0.2, -0.15) is 0 Å². The van der Waals surface area contributed by atoms with E-state index in [0.717, 1.165) is 43.9 Å². The van der Waals surface area contributed by atoms with Crippen LogP contribution in [0.15, 0.2) is 23.2 Å². The molecule has 0 bridgehead atoms. The zero-order valence-corrected chi connectivity index (χ0v) is 16.0. The summed E-state index contributed by atoms with van der Waals surface area (Å²) in [5.74, 6) is 2.67. The summed E-state index contributed by atoms with van der Waals surface area (Å²) in [4.78, 5) is 4.64. The Morgan fingerprint density at radius 3 is 2.48 bits per heavy atom. The molecule has 1 rings (SSSR count). The van der Waals surface area contributed by atoms with Gasteiger partial charge in [-0.25, -0.2) is 4.99 Å². The van der Waals surface area contributed by atoms with Gasteiger partial charge in [0, 0.05) is 19.7 Å². The van der Waals surface area contributed by atoms with E-state index in [0.29, 0.717) is 24.0 Å². The van der Waals surface area contributed by atoms with Crippen molar-refractivity contribution in [1.82, 2.24) is 10.6 Å². The van der Waals surface area contributed by atoms with E-state index < -0.39 is 0 Å². The Morgan fingerprint density at radius 2 is 1.88 bits per heavy atom. The Bertz CT molecular complexity index is 515. The van der Waals surface area contributed by atoms with Crippen molar-refractivity contribution >= 4 is 5.96 Å². The molecule has 1 atom stereocenters. The fourth-order valence-electron chi connectivity index (χ4n) is 2.67. The van der Waals surface area contributed by atoms with Crippen molar-refractivity contribution in [3.05, 3.63) is 23.8 Å². The minimum Gasteiger partial charge on any atom is -0.493 e. The van der Waals surface area contributed by atoms with E-state index in [-0.39, 0.29) is 6.61 Å². The van der Waals surface area contributed by atoms with Crippen LogP contribution in [0.3, 0.4) is 0 Å². The molecule has 6 nitrogen and oxygen atoms in total. The number of aliphatic imine (C=N–C) groups is 1. The van der Waals surface area contributed by atoms with Crippen LogP contribution in [0.2, 0.25) is 0 Å². The predicted octanol–water partition coefficient (Wildman–Crippen LogP) is 2.56. The first kappa shape index (κ1) is 21.1. The second-order valence-electron chi connectivity index (χ2n) is 5.93. The molecule has 0 aliphatic carbocycles. The van der Waals surface area contributed by atoms with E-state index in [2.05, 4.69) is 22.5 Å². The van der Waals surface area contributed by atoms with Crippen molar-refractivity contribution in [3.8, 4) is 11.5 Å². The fourth-order valence-corrected chi connectivity index (χ4v) is 2.67. The van der Waals surface area contributed by atoms with Gasteiger partial charge in [-0.3, -0.25) is 0 Å². The molecule has 0 saturated carbocycles. The largest absolute Gasteiger partial charge is 0.493 e. The molecule has 142 valence electrons. The first-order valence-electron chi connectivity index (χ1n) is 9.02. The number of nitrogens with one attached hydrogen (secondary N) is 2. The van der Waals surface area contributed by atoms with Gasteiger partial charge >= 0.3 is 0 Å².